The number of nitrogens with one attached hydrogen (secondary N) is 1. The largest absolute Gasteiger partial charge is 0.367 e. The number of benzene rings is 4. The van der Waals surface area contributed by atoms with E-state index in [1.165, 1.54) is 0 Å². The third-order valence-electron chi connectivity index (χ3n) is 6.36. The van der Waals surface area contributed by atoms with Gasteiger partial charge in [0.25, 0.3) is 5.91 Å². The normalized spacial score (nSPS) is 13.8. The van der Waals surface area contributed by atoms with Gasteiger partial charge in [0.05, 0.1) is 10.7 Å². The average molecular weight is 532 g/mol. The molecule has 1 saturated heterocycles. The topological polar surface area (TPSA) is 35.6 Å². The lowest BCUT2D eigenvalue weighted by Crippen LogP contribution is -2.47. The number of amides is 1. The van der Waals surface area contributed by atoms with Crippen LogP contribution in [0.2, 0.25) is 5.02 Å². The number of fused-ring (bicyclic) bond motifs is 1. The van der Waals surface area contributed by atoms with Crippen molar-refractivity contribution in [3.63, 3.8) is 0 Å². The summed E-state index contributed by atoms with van der Waals surface area (Å²) in [5, 5.41) is 4.93. The van der Waals surface area contributed by atoms with Crippen molar-refractivity contribution in [2.45, 2.75) is 0 Å². The minimum absolute atomic E-state index is 0.00818. The fourth-order valence-corrected chi connectivity index (χ4v) is 4.80. The lowest BCUT2D eigenvalue weighted by molar-refractivity contribution is 0.102. The SMILES string of the molecule is O=C(Nc1ccc(N2CCN(c3c(F)c(F)c(F)c(F)c3F)CC2)c(Cl)c1)c1cccc2ccccc12. The van der Waals surface area contributed by atoms with Gasteiger partial charge in [0.2, 0.25) is 5.82 Å². The Morgan fingerprint density at radius 3 is 2.00 bits per heavy atom. The highest BCUT2D eigenvalue weighted by atomic mass is 35.5. The summed E-state index contributed by atoms with van der Waals surface area (Å²) < 4.78 is 69.0. The molecule has 0 spiro atoms. The smallest absolute Gasteiger partial charge is 0.256 e. The molecule has 1 aliphatic rings. The van der Waals surface area contributed by atoms with Crippen molar-refractivity contribution in [1.29, 1.82) is 0 Å². The van der Waals surface area contributed by atoms with Crippen molar-refractivity contribution < 1.29 is 26.7 Å². The van der Waals surface area contributed by atoms with Gasteiger partial charge in [-0.3, -0.25) is 4.79 Å². The van der Waals surface area contributed by atoms with Gasteiger partial charge in [0, 0.05) is 37.4 Å². The number of anilines is 3. The van der Waals surface area contributed by atoms with Crippen LogP contribution in [-0.4, -0.2) is 32.1 Å². The molecule has 1 fully saturated rings. The Bertz CT molecular complexity index is 1490. The van der Waals surface area contributed by atoms with E-state index in [4.69, 9.17) is 11.6 Å². The van der Waals surface area contributed by atoms with Crippen LogP contribution in [0.1, 0.15) is 10.4 Å². The van der Waals surface area contributed by atoms with Crippen LogP contribution in [0.5, 0.6) is 0 Å². The molecule has 4 aromatic carbocycles. The van der Waals surface area contributed by atoms with E-state index in [2.05, 4.69) is 5.32 Å². The fourth-order valence-electron chi connectivity index (χ4n) is 4.50. The number of carbonyl (C=O) groups excluding carboxylic acids is 1. The maximum absolute atomic E-state index is 14.2. The van der Waals surface area contributed by atoms with E-state index in [0.717, 1.165) is 15.7 Å². The Hall–Kier alpha value is -3.85. The van der Waals surface area contributed by atoms with Crippen LogP contribution in [0.25, 0.3) is 10.8 Å². The molecule has 5 rings (SSSR count). The highest BCUT2D eigenvalue weighted by Crippen LogP contribution is 2.34. The zero-order valence-corrected chi connectivity index (χ0v) is 19.9. The number of halogens is 6. The number of hydrogen-bond acceptors (Lipinski definition) is 3. The van der Waals surface area contributed by atoms with Gasteiger partial charge in [-0.1, -0.05) is 48.0 Å². The van der Waals surface area contributed by atoms with Crippen LogP contribution >= 0.6 is 11.6 Å². The Kier molecular flexibility index (Phi) is 6.64. The van der Waals surface area contributed by atoms with Crippen LogP contribution < -0.4 is 15.1 Å². The summed E-state index contributed by atoms with van der Waals surface area (Å²) in [6.45, 7) is 0.463. The van der Waals surface area contributed by atoms with Crippen molar-refractivity contribution in [2.75, 3.05) is 41.3 Å². The van der Waals surface area contributed by atoms with E-state index in [1.807, 2.05) is 35.2 Å². The third-order valence-corrected chi connectivity index (χ3v) is 6.67. The number of hydrogen-bond donors (Lipinski definition) is 1. The Balaban J connectivity index is 1.30. The van der Waals surface area contributed by atoms with Gasteiger partial charge in [-0.05, 0) is 35.0 Å². The third kappa shape index (κ3) is 4.55. The van der Waals surface area contributed by atoms with Gasteiger partial charge in [0.15, 0.2) is 23.3 Å². The molecule has 0 aromatic heterocycles. The van der Waals surface area contributed by atoms with Crippen molar-refractivity contribution in [1.82, 2.24) is 0 Å². The molecule has 190 valence electrons. The second kappa shape index (κ2) is 9.89. The molecule has 0 aliphatic carbocycles. The first-order valence-corrected chi connectivity index (χ1v) is 11.7. The van der Waals surface area contributed by atoms with E-state index in [9.17, 15) is 26.7 Å². The first-order valence-electron chi connectivity index (χ1n) is 11.4. The Labute approximate surface area is 213 Å². The molecule has 10 heteroatoms. The number of piperazine rings is 1. The molecule has 1 amide bonds. The number of rotatable bonds is 4. The molecule has 0 radical (unpaired) electrons. The molecule has 1 heterocycles. The first-order chi connectivity index (χ1) is 17.8. The summed E-state index contributed by atoms with van der Waals surface area (Å²) in [5.74, 6) is -10.1. The maximum Gasteiger partial charge on any atom is 0.256 e. The highest BCUT2D eigenvalue weighted by Gasteiger charge is 2.31. The summed E-state index contributed by atoms with van der Waals surface area (Å²) in [6, 6.07) is 18.0. The van der Waals surface area contributed by atoms with E-state index < -0.39 is 34.8 Å². The second-order valence-electron chi connectivity index (χ2n) is 8.54. The molecule has 1 N–H and O–H groups in total. The van der Waals surface area contributed by atoms with E-state index in [1.54, 1.807) is 30.3 Å². The zero-order valence-electron chi connectivity index (χ0n) is 19.2. The monoisotopic (exact) mass is 531 g/mol. The Morgan fingerprint density at radius 1 is 0.730 bits per heavy atom. The van der Waals surface area contributed by atoms with Gasteiger partial charge in [0.1, 0.15) is 5.69 Å². The standard InChI is InChI=1S/C27H19ClF5N3O/c28-19-14-16(34-27(37)18-7-3-5-15-4-1-2-6-17(15)18)8-9-20(19)35-10-12-36(13-11-35)26-24(32)22(30)21(29)23(31)25(26)33/h1-9,14H,10-13H2,(H,34,37). The molecular formula is C27H19ClF5N3O. The van der Waals surface area contributed by atoms with Crippen LogP contribution in [0.4, 0.5) is 39.0 Å². The van der Waals surface area contributed by atoms with Gasteiger partial charge < -0.3 is 15.1 Å². The highest BCUT2D eigenvalue weighted by molar-refractivity contribution is 6.33. The minimum atomic E-state index is -2.18. The molecule has 1 aliphatic heterocycles. The molecule has 0 unspecified atom stereocenters. The maximum atomic E-state index is 14.2. The quantitative estimate of drug-likeness (QED) is 0.179. The molecule has 37 heavy (non-hydrogen) atoms. The van der Waals surface area contributed by atoms with Gasteiger partial charge in [-0.15, -0.1) is 0 Å². The van der Waals surface area contributed by atoms with Crippen LogP contribution in [-0.2, 0) is 0 Å². The van der Waals surface area contributed by atoms with E-state index in [-0.39, 0.29) is 32.1 Å². The van der Waals surface area contributed by atoms with E-state index >= 15 is 0 Å². The second-order valence-corrected chi connectivity index (χ2v) is 8.95. The van der Waals surface area contributed by atoms with Crippen LogP contribution in [0, 0.1) is 29.1 Å². The van der Waals surface area contributed by atoms with Gasteiger partial charge in [-0.25, -0.2) is 22.0 Å². The van der Waals surface area contributed by atoms with Gasteiger partial charge in [-0.2, -0.15) is 0 Å². The summed E-state index contributed by atoms with van der Waals surface area (Å²) in [5.41, 5.74) is 0.671. The molecule has 0 bridgehead atoms. The predicted molar refractivity (Wildman–Crippen MR) is 134 cm³/mol. The summed E-state index contributed by atoms with van der Waals surface area (Å²) in [4.78, 5) is 15.9. The molecule has 0 saturated carbocycles. The Morgan fingerprint density at radius 2 is 1.32 bits per heavy atom. The molecular weight excluding hydrogens is 513 g/mol. The van der Waals surface area contributed by atoms with Crippen LogP contribution in [0.15, 0.2) is 60.7 Å². The molecule has 4 aromatic rings. The average Bonchev–Trinajstić information content (AvgIpc) is 2.91. The summed E-state index contributed by atoms with van der Waals surface area (Å²) in [6.07, 6.45) is 0. The number of nitrogens with zero attached hydrogens (tertiary/aromatic N) is 2. The molecule has 4 nitrogen and oxygen atoms in total. The van der Waals surface area contributed by atoms with Crippen molar-refractivity contribution >= 4 is 45.3 Å². The van der Waals surface area contributed by atoms with Crippen molar-refractivity contribution in [3.8, 4) is 0 Å². The number of carbonyl (C=O) groups is 1. The lowest BCUT2D eigenvalue weighted by Gasteiger charge is -2.38. The fraction of sp³-hybridized carbons (Fsp3) is 0.148. The summed E-state index contributed by atoms with van der Waals surface area (Å²) >= 11 is 6.48. The summed E-state index contributed by atoms with van der Waals surface area (Å²) in [7, 11) is 0. The minimum Gasteiger partial charge on any atom is -0.367 e. The molecule has 0 atom stereocenters. The first kappa shape index (κ1) is 24.8. The van der Waals surface area contributed by atoms with E-state index in [0.29, 0.717) is 22.0 Å². The van der Waals surface area contributed by atoms with Crippen LogP contribution in [0.3, 0.4) is 0 Å². The zero-order chi connectivity index (χ0) is 26.3. The lowest BCUT2D eigenvalue weighted by atomic mass is 10.0. The predicted octanol–water partition coefficient (Wildman–Crippen LogP) is 6.77. The van der Waals surface area contributed by atoms with Gasteiger partial charge >= 0.3 is 0 Å². The van der Waals surface area contributed by atoms with Crippen molar-refractivity contribution in [2.24, 2.45) is 0 Å². The van der Waals surface area contributed by atoms with Crippen molar-refractivity contribution in [3.05, 3.63) is 100 Å².